The van der Waals surface area contributed by atoms with Gasteiger partial charge in [0, 0.05) is 19.1 Å². The molecule has 1 aromatic rings. The fraction of sp³-hybridized carbons (Fsp3) is 0.474. The van der Waals surface area contributed by atoms with Crippen LogP contribution in [0, 0.1) is 6.92 Å². The van der Waals surface area contributed by atoms with Gasteiger partial charge in [-0.2, -0.15) is 0 Å². The topological polar surface area (TPSA) is 41.9 Å². The monoisotopic (exact) mass is 314 g/mol. The third kappa shape index (κ3) is 4.52. The second-order valence-corrected chi connectivity index (χ2v) is 5.85. The molecule has 0 bridgehead atoms. The summed E-state index contributed by atoms with van der Waals surface area (Å²) in [6.07, 6.45) is 6.91. The van der Waals surface area contributed by atoms with Crippen molar-refractivity contribution in [3.8, 4) is 0 Å². The molecule has 0 N–H and O–H groups in total. The lowest BCUT2D eigenvalue weighted by molar-refractivity contribution is -0.109. The standard InChI is InChI=1S/C19H26N2O2/c1-4-5-6-7-18-20-17(16-10-8-15(2)9-11-16)14-19(23-3)21(18)12-13-22/h8-11,13-14,19H,4-7,12H2,1-3H3. The van der Waals surface area contributed by atoms with Crippen LogP contribution in [0.5, 0.6) is 0 Å². The van der Waals surface area contributed by atoms with Crippen molar-refractivity contribution in [1.82, 2.24) is 4.90 Å². The number of hydrogen-bond donors (Lipinski definition) is 0. The molecule has 0 aliphatic carbocycles. The number of ether oxygens (including phenoxy) is 1. The van der Waals surface area contributed by atoms with Gasteiger partial charge >= 0.3 is 0 Å². The number of methoxy groups -OCH3 is 1. The van der Waals surface area contributed by atoms with Crippen LogP contribution >= 0.6 is 0 Å². The van der Waals surface area contributed by atoms with E-state index in [0.29, 0.717) is 6.54 Å². The molecule has 0 radical (unpaired) electrons. The number of unbranched alkanes of at least 4 members (excludes halogenated alkanes) is 2. The molecular weight excluding hydrogens is 288 g/mol. The van der Waals surface area contributed by atoms with Crippen LogP contribution in [0.4, 0.5) is 0 Å². The number of carbonyl (C=O) groups is 1. The number of aldehydes is 1. The zero-order valence-electron chi connectivity index (χ0n) is 14.3. The Labute approximate surface area is 138 Å². The molecule has 0 spiro atoms. The summed E-state index contributed by atoms with van der Waals surface area (Å²) >= 11 is 0. The molecular formula is C19H26N2O2. The third-order valence-corrected chi connectivity index (χ3v) is 4.05. The van der Waals surface area contributed by atoms with Crippen molar-refractivity contribution in [2.24, 2.45) is 4.99 Å². The Bertz CT molecular complexity index is 576. The molecule has 23 heavy (non-hydrogen) atoms. The van der Waals surface area contributed by atoms with Crippen LogP contribution in [-0.2, 0) is 9.53 Å². The molecule has 124 valence electrons. The van der Waals surface area contributed by atoms with Gasteiger partial charge in [-0.25, -0.2) is 4.99 Å². The van der Waals surface area contributed by atoms with Crippen molar-refractivity contribution < 1.29 is 9.53 Å². The van der Waals surface area contributed by atoms with Crippen LogP contribution in [0.15, 0.2) is 35.3 Å². The van der Waals surface area contributed by atoms with Crippen LogP contribution in [0.3, 0.4) is 0 Å². The van der Waals surface area contributed by atoms with E-state index >= 15 is 0 Å². The van der Waals surface area contributed by atoms with Crippen LogP contribution in [-0.4, -0.2) is 36.9 Å². The van der Waals surface area contributed by atoms with Crippen LogP contribution in [0.25, 0.3) is 5.70 Å². The maximum absolute atomic E-state index is 11.0. The van der Waals surface area contributed by atoms with Gasteiger partial charge in [0.2, 0.25) is 0 Å². The van der Waals surface area contributed by atoms with E-state index in [1.807, 2.05) is 11.0 Å². The maximum atomic E-state index is 11.0. The number of rotatable bonds is 8. The summed E-state index contributed by atoms with van der Waals surface area (Å²) in [4.78, 5) is 17.8. The second kappa shape index (κ2) is 8.63. The Balaban J connectivity index is 2.29. The van der Waals surface area contributed by atoms with Crippen molar-refractivity contribution in [2.75, 3.05) is 13.7 Å². The van der Waals surface area contributed by atoms with E-state index in [1.54, 1.807) is 7.11 Å². The van der Waals surface area contributed by atoms with Gasteiger partial charge in [0.25, 0.3) is 0 Å². The molecule has 0 aromatic heterocycles. The lowest BCUT2D eigenvalue weighted by Crippen LogP contribution is -2.43. The van der Waals surface area contributed by atoms with Crippen molar-refractivity contribution >= 4 is 17.8 Å². The maximum Gasteiger partial charge on any atom is 0.152 e. The van der Waals surface area contributed by atoms with Crippen LogP contribution < -0.4 is 0 Å². The van der Waals surface area contributed by atoms with E-state index in [9.17, 15) is 4.79 Å². The van der Waals surface area contributed by atoms with Gasteiger partial charge in [0.15, 0.2) is 6.23 Å². The SMILES string of the molecule is CCCCCC1=NC(c2ccc(C)cc2)=CC(OC)N1CC=O. The number of nitrogens with zero attached hydrogens (tertiary/aromatic N) is 2. The first-order chi connectivity index (χ1) is 11.2. The molecule has 1 aliphatic rings. The fourth-order valence-corrected chi connectivity index (χ4v) is 2.71. The van der Waals surface area contributed by atoms with Crippen molar-refractivity contribution in [2.45, 2.75) is 45.8 Å². The Morgan fingerprint density at radius 1 is 1.26 bits per heavy atom. The zero-order valence-corrected chi connectivity index (χ0v) is 14.3. The Kier molecular flexibility index (Phi) is 6.53. The average Bonchev–Trinajstić information content (AvgIpc) is 2.57. The smallest absolute Gasteiger partial charge is 0.152 e. The molecule has 1 unspecified atom stereocenters. The first-order valence-corrected chi connectivity index (χ1v) is 8.29. The molecule has 1 atom stereocenters. The van der Waals surface area contributed by atoms with Crippen molar-refractivity contribution in [3.05, 3.63) is 41.5 Å². The molecule has 4 heteroatoms. The first kappa shape index (κ1) is 17.4. The molecule has 0 saturated carbocycles. The van der Waals surface area contributed by atoms with Crippen LogP contribution in [0.1, 0.15) is 43.7 Å². The number of aliphatic imine (C=N–C) groups is 1. The summed E-state index contributed by atoms with van der Waals surface area (Å²) in [5.41, 5.74) is 3.23. The Morgan fingerprint density at radius 3 is 2.61 bits per heavy atom. The van der Waals surface area contributed by atoms with Gasteiger partial charge in [0.1, 0.15) is 12.1 Å². The highest BCUT2D eigenvalue weighted by Crippen LogP contribution is 2.25. The quantitative estimate of drug-likeness (QED) is 0.541. The van der Waals surface area contributed by atoms with E-state index < -0.39 is 0 Å². The Hall–Kier alpha value is -1.94. The first-order valence-electron chi connectivity index (χ1n) is 8.29. The van der Waals surface area contributed by atoms with E-state index in [4.69, 9.17) is 9.73 Å². The number of hydrogen-bond acceptors (Lipinski definition) is 4. The van der Waals surface area contributed by atoms with Gasteiger partial charge in [-0.05, 0) is 19.4 Å². The van der Waals surface area contributed by atoms with Gasteiger partial charge in [-0.1, -0.05) is 49.6 Å². The molecule has 1 heterocycles. The molecule has 1 aliphatic heterocycles. The number of carbonyl (C=O) groups excluding carboxylic acids is 1. The third-order valence-electron chi connectivity index (χ3n) is 4.05. The molecule has 2 rings (SSSR count). The largest absolute Gasteiger partial charge is 0.358 e. The van der Waals surface area contributed by atoms with E-state index in [1.165, 1.54) is 5.56 Å². The molecule has 0 amide bonds. The van der Waals surface area contributed by atoms with Gasteiger partial charge in [0.05, 0.1) is 12.2 Å². The summed E-state index contributed by atoms with van der Waals surface area (Å²) in [5.74, 6) is 0.940. The molecule has 1 aromatic carbocycles. The Morgan fingerprint density at radius 2 is 2.00 bits per heavy atom. The zero-order chi connectivity index (χ0) is 16.7. The summed E-state index contributed by atoms with van der Waals surface area (Å²) < 4.78 is 5.58. The normalized spacial score (nSPS) is 17.7. The second-order valence-electron chi connectivity index (χ2n) is 5.85. The van der Waals surface area contributed by atoms with E-state index in [0.717, 1.165) is 49.1 Å². The fourth-order valence-electron chi connectivity index (χ4n) is 2.71. The van der Waals surface area contributed by atoms with Crippen LogP contribution in [0.2, 0.25) is 0 Å². The minimum absolute atomic E-state index is 0.245. The summed E-state index contributed by atoms with van der Waals surface area (Å²) in [6, 6.07) is 8.33. The van der Waals surface area contributed by atoms with Gasteiger partial charge in [-0.3, -0.25) is 0 Å². The van der Waals surface area contributed by atoms with Gasteiger partial charge < -0.3 is 14.4 Å². The lowest BCUT2D eigenvalue weighted by Gasteiger charge is -2.33. The molecule has 0 saturated heterocycles. The van der Waals surface area contributed by atoms with E-state index in [2.05, 4.69) is 38.1 Å². The minimum atomic E-state index is -0.245. The van der Waals surface area contributed by atoms with Crippen molar-refractivity contribution in [3.63, 3.8) is 0 Å². The number of aryl methyl sites for hydroxylation is 1. The number of benzene rings is 1. The molecule has 4 nitrogen and oxygen atoms in total. The summed E-state index contributed by atoms with van der Waals surface area (Å²) in [5, 5.41) is 0. The lowest BCUT2D eigenvalue weighted by atomic mass is 10.1. The van der Waals surface area contributed by atoms with Gasteiger partial charge in [-0.15, -0.1) is 0 Å². The summed E-state index contributed by atoms with van der Waals surface area (Å²) in [7, 11) is 1.67. The molecule has 0 fully saturated rings. The highest BCUT2D eigenvalue weighted by Gasteiger charge is 2.24. The average molecular weight is 314 g/mol. The summed E-state index contributed by atoms with van der Waals surface area (Å²) in [6.45, 7) is 4.56. The predicted molar refractivity (Wildman–Crippen MR) is 94.3 cm³/mol. The minimum Gasteiger partial charge on any atom is -0.358 e. The highest BCUT2D eigenvalue weighted by atomic mass is 16.5. The highest BCUT2D eigenvalue weighted by molar-refractivity contribution is 5.91. The number of amidine groups is 1. The van der Waals surface area contributed by atoms with Crippen molar-refractivity contribution in [1.29, 1.82) is 0 Å². The predicted octanol–water partition coefficient (Wildman–Crippen LogP) is 3.80. The van der Waals surface area contributed by atoms with E-state index in [-0.39, 0.29) is 6.23 Å².